The van der Waals surface area contributed by atoms with Crippen LogP contribution in [-0.2, 0) is 18.8 Å². The molecule has 19 heavy (non-hydrogen) atoms. The van der Waals surface area contributed by atoms with Gasteiger partial charge in [-0.1, -0.05) is 17.8 Å². The molecule has 2 aromatic heterocycles. The zero-order valence-corrected chi connectivity index (χ0v) is 13.0. The van der Waals surface area contributed by atoms with Crippen LogP contribution in [0.3, 0.4) is 0 Å². The molecule has 0 aliphatic rings. The maximum Gasteiger partial charge on any atom is 0.191 e. The molecule has 0 aliphatic carbocycles. The van der Waals surface area contributed by atoms with E-state index in [4.69, 9.17) is 0 Å². The van der Waals surface area contributed by atoms with Gasteiger partial charge in [0.2, 0.25) is 0 Å². The minimum atomic E-state index is 0. The largest absolute Gasteiger partial charge is 0.313 e. The van der Waals surface area contributed by atoms with E-state index in [1.807, 2.05) is 18.6 Å². The fourth-order valence-electron chi connectivity index (χ4n) is 1.47. The van der Waals surface area contributed by atoms with E-state index >= 15 is 0 Å². The van der Waals surface area contributed by atoms with Crippen LogP contribution < -0.4 is 5.32 Å². The summed E-state index contributed by atoms with van der Waals surface area (Å²) in [5, 5.41) is 14.5. The van der Waals surface area contributed by atoms with Crippen molar-refractivity contribution < 1.29 is 0 Å². The third kappa shape index (κ3) is 4.31. The minimum Gasteiger partial charge on any atom is -0.313 e. The zero-order valence-electron chi connectivity index (χ0n) is 10.6. The van der Waals surface area contributed by atoms with Crippen molar-refractivity contribution in [2.75, 3.05) is 7.05 Å². The molecule has 2 aromatic rings. The average molecular weight is 318 g/mol. The van der Waals surface area contributed by atoms with Crippen molar-refractivity contribution in [3.63, 3.8) is 0 Å². The van der Waals surface area contributed by atoms with E-state index in [9.17, 15) is 0 Å². The van der Waals surface area contributed by atoms with Gasteiger partial charge in [-0.2, -0.15) is 0 Å². The van der Waals surface area contributed by atoms with Crippen LogP contribution in [0.15, 0.2) is 28.7 Å². The summed E-state index contributed by atoms with van der Waals surface area (Å²) in [7, 11) is 1.90. The molecule has 0 saturated heterocycles. The lowest BCUT2D eigenvalue weighted by Gasteiger charge is -2.06. The van der Waals surface area contributed by atoms with Crippen molar-refractivity contribution in [2.24, 2.45) is 0 Å². The monoisotopic (exact) mass is 317 g/mol. The number of thioether (sulfide) groups is 1. The number of nitrogens with one attached hydrogen (secondary N) is 1. The highest BCUT2D eigenvalue weighted by Crippen LogP contribution is 2.21. The first kappa shape index (κ1) is 16.2. The van der Waals surface area contributed by atoms with Crippen LogP contribution in [0.1, 0.15) is 11.5 Å². The summed E-state index contributed by atoms with van der Waals surface area (Å²) in [6.07, 6.45) is 1.86. The van der Waals surface area contributed by atoms with Crippen molar-refractivity contribution in [2.45, 2.75) is 24.0 Å². The lowest BCUT2D eigenvalue weighted by Crippen LogP contribution is -2.12. The Morgan fingerprint density at radius 1 is 1.53 bits per heavy atom. The summed E-state index contributed by atoms with van der Waals surface area (Å²) in [5.74, 6) is 1.75. The summed E-state index contributed by atoms with van der Waals surface area (Å²) >= 11 is 3.26. The number of allylic oxidation sites excluding steroid dienone is 1. The van der Waals surface area contributed by atoms with Gasteiger partial charge in [-0.3, -0.25) is 0 Å². The van der Waals surface area contributed by atoms with Gasteiger partial charge in [0.1, 0.15) is 5.82 Å². The molecule has 0 saturated carbocycles. The highest BCUT2D eigenvalue weighted by atomic mass is 35.5. The molecule has 104 valence electrons. The van der Waals surface area contributed by atoms with E-state index in [2.05, 4.69) is 37.0 Å². The van der Waals surface area contributed by atoms with Gasteiger partial charge in [0, 0.05) is 17.7 Å². The number of aromatic nitrogens is 4. The normalized spacial score (nSPS) is 10.2. The lowest BCUT2D eigenvalue weighted by atomic mass is 10.5. The predicted molar refractivity (Wildman–Crippen MR) is 81.9 cm³/mol. The third-order valence-corrected chi connectivity index (χ3v) is 3.91. The number of halogens is 1. The smallest absolute Gasteiger partial charge is 0.191 e. The Morgan fingerprint density at radius 2 is 2.37 bits per heavy atom. The molecule has 0 spiro atoms. The van der Waals surface area contributed by atoms with Crippen LogP contribution in [0, 0.1) is 0 Å². The fraction of sp³-hybridized carbons (Fsp3) is 0.364. The van der Waals surface area contributed by atoms with Gasteiger partial charge < -0.3 is 9.88 Å². The SMILES string of the molecule is C=CCn1c(CNC)nnc1SCc1cscn1.Cl. The van der Waals surface area contributed by atoms with Crippen molar-refractivity contribution in [1.82, 2.24) is 25.1 Å². The molecule has 1 N–H and O–H groups in total. The lowest BCUT2D eigenvalue weighted by molar-refractivity contribution is 0.646. The van der Waals surface area contributed by atoms with Gasteiger partial charge in [0.05, 0.1) is 17.7 Å². The minimum absolute atomic E-state index is 0. The van der Waals surface area contributed by atoms with Crippen molar-refractivity contribution in [3.05, 3.63) is 35.1 Å². The maximum absolute atomic E-state index is 4.26. The first-order valence-corrected chi connectivity index (χ1v) is 7.45. The van der Waals surface area contributed by atoms with Gasteiger partial charge in [0.25, 0.3) is 0 Å². The zero-order chi connectivity index (χ0) is 12.8. The quantitative estimate of drug-likeness (QED) is 0.627. The van der Waals surface area contributed by atoms with Crippen LogP contribution in [0.4, 0.5) is 0 Å². The van der Waals surface area contributed by atoms with Crippen molar-refractivity contribution in [1.29, 1.82) is 0 Å². The Morgan fingerprint density at radius 3 is 3.00 bits per heavy atom. The van der Waals surface area contributed by atoms with Crippen LogP contribution in [0.25, 0.3) is 0 Å². The van der Waals surface area contributed by atoms with Crippen LogP contribution in [0.2, 0.25) is 0 Å². The predicted octanol–water partition coefficient (Wildman–Crippen LogP) is 2.35. The standard InChI is InChI=1S/C11H15N5S2.ClH/c1-3-4-16-10(5-12-2)14-15-11(16)18-7-9-6-17-8-13-9;/h3,6,8,12H,1,4-5,7H2,2H3;1H. The molecule has 8 heteroatoms. The summed E-state index contributed by atoms with van der Waals surface area (Å²) in [4.78, 5) is 4.26. The summed E-state index contributed by atoms with van der Waals surface area (Å²) in [6, 6.07) is 0. The second-order valence-corrected chi connectivity index (χ2v) is 5.26. The van der Waals surface area contributed by atoms with E-state index < -0.39 is 0 Å². The van der Waals surface area contributed by atoms with Gasteiger partial charge in [-0.05, 0) is 7.05 Å². The maximum atomic E-state index is 4.26. The molecule has 0 aliphatic heterocycles. The molecule has 0 aromatic carbocycles. The van der Waals surface area contributed by atoms with Crippen LogP contribution >= 0.6 is 35.5 Å². The van der Waals surface area contributed by atoms with Crippen LogP contribution in [0.5, 0.6) is 0 Å². The first-order valence-electron chi connectivity index (χ1n) is 5.52. The molecule has 2 rings (SSSR count). The highest BCUT2D eigenvalue weighted by Gasteiger charge is 2.11. The Bertz CT molecular complexity index is 497. The third-order valence-electron chi connectivity index (χ3n) is 2.27. The van der Waals surface area contributed by atoms with Crippen molar-refractivity contribution in [3.8, 4) is 0 Å². The second kappa shape index (κ2) is 8.31. The van der Waals surface area contributed by atoms with Gasteiger partial charge in [-0.25, -0.2) is 4.98 Å². The van der Waals surface area contributed by atoms with E-state index in [0.29, 0.717) is 6.54 Å². The Kier molecular flexibility index (Phi) is 7.07. The second-order valence-electron chi connectivity index (χ2n) is 3.60. The fourth-order valence-corrected chi connectivity index (χ4v) is 3.01. The first-order chi connectivity index (χ1) is 8.85. The molecule has 0 unspecified atom stereocenters. The molecule has 0 atom stereocenters. The number of hydrogen-bond donors (Lipinski definition) is 1. The average Bonchev–Trinajstić information content (AvgIpc) is 2.99. The summed E-state index contributed by atoms with van der Waals surface area (Å²) in [6.45, 7) is 5.20. The van der Waals surface area contributed by atoms with Crippen molar-refractivity contribution >= 4 is 35.5 Å². The molecular weight excluding hydrogens is 302 g/mol. The number of thiazole rings is 1. The molecule has 5 nitrogen and oxygen atoms in total. The van der Waals surface area contributed by atoms with Crippen LogP contribution in [-0.4, -0.2) is 26.8 Å². The number of hydrogen-bond acceptors (Lipinski definition) is 6. The summed E-state index contributed by atoms with van der Waals surface area (Å²) < 4.78 is 2.07. The topological polar surface area (TPSA) is 55.6 Å². The van der Waals surface area contributed by atoms with Gasteiger partial charge in [0.15, 0.2) is 5.16 Å². The Balaban J connectivity index is 0.00000180. The molecule has 0 fully saturated rings. The summed E-state index contributed by atoms with van der Waals surface area (Å²) in [5.41, 5.74) is 2.92. The van der Waals surface area contributed by atoms with E-state index in [1.54, 1.807) is 23.1 Å². The molecule has 0 amide bonds. The molecule has 0 radical (unpaired) electrons. The molecule has 2 heterocycles. The number of nitrogens with zero attached hydrogens (tertiary/aromatic N) is 4. The van der Waals surface area contributed by atoms with Gasteiger partial charge >= 0.3 is 0 Å². The Hall–Kier alpha value is -0.890. The van der Waals surface area contributed by atoms with E-state index in [-0.39, 0.29) is 12.4 Å². The van der Waals surface area contributed by atoms with E-state index in [0.717, 1.165) is 29.0 Å². The number of rotatable bonds is 7. The Labute approximate surface area is 127 Å². The van der Waals surface area contributed by atoms with E-state index in [1.165, 1.54) is 0 Å². The highest BCUT2D eigenvalue weighted by molar-refractivity contribution is 7.98. The molecule has 0 bridgehead atoms. The molecular formula is C11H16ClN5S2. The van der Waals surface area contributed by atoms with Gasteiger partial charge in [-0.15, -0.1) is 40.5 Å².